The molecule has 0 spiro atoms. The number of aliphatic carboxylic acids is 1. The quantitative estimate of drug-likeness (QED) is 0.790. The Balaban J connectivity index is 3.56. The molecule has 1 rings (SSSR count). The van der Waals surface area contributed by atoms with Gasteiger partial charge in [0.2, 0.25) is 0 Å². The van der Waals surface area contributed by atoms with Gasteiger partial charge in [-0.05, 0) is 24.0 Å². The molecule has 0 aliphatic carbocycles. The van der Waals surface area contributed by atoms with Gasteiger partial charge in [-0.15, -0.1) is 11.8 Å². The first-order chi connectivity index (χ1) is 8.72. The first-order valence-electron chi connectivity index (χ1n) is 5.22. The molecule has 0 heterocycles. The number of benzene rings is 1. The Hall–Kier alpha value is -1.12. The maximum absolute atomic E-state index is 13.9. The van der Waals surface area contributed by atoms with E-state index in [0.29, 0.717) is 0 Å². The highest BCUT2D eigenvalue weighted by Gasteiger charge is 2.24. The molecule has 3 N–H and O–H groups in total. The Morgan fingerprint density at radius 3 is 2.47 bits per heavy atom. The SMILES string of the molecule is CSc1c(F)cc(C(CN)C(=O)O)cc1S(C)(=O)=O. The van der Waals surface area contributed by atoms with E-state index in [-0.39, 0.29) is 21.9 Å². The summed E-state index contributed by atoms with van der Waals surface area (Å²) in [6.07, 6.45) is 2.49. The van der Waals surface area contributed by atoms with Crippen LogP contribution in [0.2, 0.25) is 0 Å². The maximum atomic E-state index is 13.9. The fraction of sp³-hybridized carbons (Fsp3) is 0.364. The molecule has 0 saturated carbocycles. The van der Waals surface area contributed by atoms with Gasteiger partial charge in [0, 0.05) is 12.8 Å². The standard InChI is InChI=1S/C11H14FNO4S2/c1-18-10-8(12)3-6(7(5-13)11(14)15)4-9(10)19(2,16)17/h3-4,7H,5,13H2,1-2H3,(H,14,15). The van der Waals surface area contributed by atoms with Crippen LogP contribution in [0.25, 0.3) is 0 Å². The molecule has 19 heavy (non-hydrogen) atoms. The minimum Gasteiger partial charge on any atom is -0.481 e. The number of carboxylic acid groups (broad SMARTS) is 1. The maximum Gasteiger partial charge on any atom is 0.312 e. The summed E-state index contributed by atoms with van der Waals surface area (Å²) < 4.78 is 37.2. The van der Waals surface area contributed by atoms with Gasteiger partial charge in [0.15, 0.2) is 9.84 Å². The number of nitrogens with two attached hydrogens (primary N) is 1. The number of thioether (sulfide) groups is 1. The number of halogens is 1. The molecule has 5 nitrogen and oxygen atoms in total. The second-order valence-corrected chi connectivity index (χ2v) is 6.73. The van der Waals surface area contributed by atoms with Crippen LogP contribution in [-0.2, 0) is 14.6 Å². The predicted octanol–water partition coefficient (Wildman–Crippen LogP) is 1.08. The van der Waals surface area contributed by atoms with Crippen LogP contribution in [0.15, 0.2) is 21.9 Å². The van der Waals surface area contributed by atoms with E-state index in [9.17, 15) is 17.6 Å². The number of rotatable bonds is 5. The van der Waals surface area contributed by atoms with Crippen molar-refractivity contribution in [3.05, 3.63) is 23.5 Å². The molecule has 0 aromatic heterocycles. The molecular formula is C11H14FNO4S2. The molecule has 0 amide bonds. The third-order valence-electron chi connectivity index (χ3n) is 2.57. The summed E-state index contributed by atoms with van der Waals surface area (Å²) in [6.45, 7) is -0.239. The monoisotopic (exact) mass is 307 g/mol. The fourth-order valence-electron chi connectivity index (χ4n) is 1.64. The number of sulfone groups is 1. The molecule has 1 unspecified atom stereocenters. The second kappa shape index (κ2) is 5.89. The first-order valence-corrected chi connectivity index (χ1v) is 8.34. The molecule has 1 aromatic rings. The van der Waals surface area contributed by atoms with Gasteiger partial charge in [0.25, 0.3) is 0 Å². The van der Waals surface area contributed by atoms with Crippen LogP contribution >= 0.6 is 11.8 Å². The minimum absolute atomic E-state index is 0.0209. The summed E-state index contributed by atoms with van der Waals surface area (Å²) in [5.41, 5.74) is 5.37. The summed E-state index contributed by atoms with van der Waals surface area (Å²) in [5, 5.41) is 8.98. The third-order valence-corrected chi connectivity index (χ3v) is 4.64. The summed E-state index contributed by atoms with van der Waals surface area (Å²) in [6, 6.07) is 2.20. The van der Waals surface area contributed by atoms with Gasteiger partial charge >= 0.3 is 5.97 Å². The van der Waals surface area contributed by atoms with Gasteiger partial charge < -0.3 is 10.8 Å². The Bertz CT molecular complexity index is 601. The van der Waals surface area contributed by atoms with Gasteiger partial charge in [-0.1, -0.05) is 0 Å². The Labute approximate surface area is 114 Å². The number of hydrogen-bond acceptors (Lipinski definition) is 5. The lowest BCUT2D eigenvalue weighted by molar-refractivity contribution is -0.138. The van der Waals surface area contributed by atoms with E-state index in [4.69, 9.17) is 10.8 Å². The average molecular weight is 307 g/mol. The summed E-state index contributed by atoms with van der Waals surface area (Å²) in [5.74, 6) is -3.12. The molecule has 0 fully saturated rings. The molecule has 1 atom stereocenters. The molecule has 8 heteroatoms. The van der Waals surface area contributed by atoms with Gasteiger partial charge in [0.05, 0.1) is 15.7 Å². The predicted molar refractivity (Wildman–Crippen MR) is 70.7 cm³/mol. The largest absolute Gasteiger partial charge is 0.481 e. The van der Waals surface area contributed by atoms with E-state index in [0.717, 1.165) is 24.1 Å². The van der Waals surface area contributed by atoms with Crippen LogP contribution in [0.3, 0.4) is 0 Å². The van der Waals surface area contributed by atoms with Crippen LogP contribution in [0.5, 0.6) is 0 Å². The van der Waals surface area contributed by atoms with Crippen LogP contribution < -0.4 is 5.73 Å². The van der Waals surface area contributed by atoms with Gasteiger partial charge in [0.1, 0.15) is 5.82 Å². The lowest BCUT2D eigenvalue weighted by Gasteiger charge is -2.14. The molecule has 0 bridgehead atoms. The lowest BCUT2D eigenvalue weighted by Crippen LogP contribution is -2.21. The van der Waals surface area contributed by atoms with Crippen molar-refractivity contribution in [2.45, 2.75) is 15.7 Å². The molecule has 106 valence electrons. The molecule has 0 saturated heterocycles. The van der Waals surface area contributed by atoms with Crippen molar-refractivity contribution in [3.8, 4) is 0 Å². The summed E-state index contributed by atoms with van der Waals surface area (Å²) >= 11 is 0.952. The molecular weight excluding hydrogens is 293 g/mol. The van der Waals surface area contributed by atoms with E-state index in [2.05, 4.69) is 0 Å². The zero-order chi connectivity index (χ0) is 14.8. The van der Waals surface area contributed by atoms with Crippen LogP contribution in [0.1, 0.15) is 11.5 Å². The van der Waals surface area contributed by atoms with E-state index in [1.165, 1.54) is 6.07 Å². The van der Waals surface area contributed by atoms with Gasteiger partial charge in [-0.2, -0.15) is 0 Å². The van der Waals surface area contributed by atoms with E-state index in [1.54, 1.807) is 6.26 Å². The van der Waals surface area contributed by atoms with Crippen LogP contribution in [0, 0.1) is 5.82 Å². The van der Waals surface area contributed by atoms with E-state index in [1.807, 2.05) is 0 Å². The topological polar surface area (TPSA) is 97.5 Å². The van der Waals surface area contributed by atoms with Crippen molar-refractivity contribution in [3.63, 3.8) is 0 Å². The molecule has 1 aromatic carbocycles. The van der Waals surface area contributed by atoms with Gasteiger partial charge in [-0.3, -0.25) is 4.79 Å². The number of carboxylic acids is 1. The lowest BCUT2D eigenvalue weighted by atomic mass is 9.99. The highest BCUT2D eigenvalue weighted by Crippen LogP contribution is 2.31. The highest BCUT2D eigenvalue weighted by atomic mass is 32.2. The molecule has 0 aliphatic rings. The van der Waals surface area contributed by atoms with Crippen LogP contribution in [0.4, 0.5) is 4.39 Å². The Kier molecular flexibility index (Phi) is 4.94. The van der Waals surface area contributed by atoms with Crippen molar-refractivity contribution >= 4 is 27.6 Å². The molecule has 0 radical (unpaired) electrons. The van der Waals surface area contributed by atoms with Crippen molar-refractivity contribution in [1.29, 1.82) is 0 Å². The fourth-order valence-corrected chi connectivity index (χ4v) is 3.64. The van der Waals surface area contributed by atoms with Crippen molar-refractivity contribution in [2.24, 2.45) is 5.73 Å². The smallest absolute Gasteiger partial charge is 0.312 e. The van der Waals surface area contributed by atoms with Crippen LogP contribution in [-0.4, -0.2) is 38.5 Å². The van der Waals surface area contributed by atoms with Crippen molar-refractivity contribution < 1.29 is 22.7 Å². The summed E-state index contributed by atoms with van der Waals surface area (Å²) in [7, 11) is -3.65. The average Bonchev–Trinajstić information content (AvgIpc) is 2.27. The van der Waals surface area contributed by atoms with Crippen molar-refractivity contribution in [1.82, 2.24) is 0 Å². The Morgan fingerprint density at radius 1 is 1.53 bits per heavy atom. The normalized spacial score (nSPS) is 13.3. The Morgan fingerprint density at radius 2 is 2.11 bits per heavy atom. The summed E-state index contributed by atoms with van der Waals surface area (Å²) in [4.78, 5) is 10.8. The number of hydrogen-bond donors (Lipinski definition) is 2. The number of carbonyl (C=O) groups is 1. The van der Waals surface area contributed by atoms with E-state index < -0.39 is 27.5 Å². The minimum atomic E-state index is -3.65. The van der Waals surface area contributed by atoms with Gasteiger partial charge in [-0.25, -0.2) is 12.8 Å². The third kappa shape index (κ3) is 3.46. The second-order valence-electron chi connectivity index (χ2n) is 3.93. The van der Waals surface area contributed by atoms with Crippen molar-refractivity contribution in [2.75, 3.05) is 19.1 Å². The zero-order valence-electron chi connectivity index (χ0n) is 10.4. The molecule has 0 aliphatic heterocycles. The first kappa shape index (κ1) is 15.9. The van der Waals surface area contributed by atoms with E-state index >= 15 is 0 Å². The zero-order valence-corrected chi connectivity index (χ0v) is 12.0. The highest BCUT2D eigenvalue weighted by molar-refractivity contribution is 7.99.